The second-order valence-corrected chi connectivity index (χ2v) is 3.08. The highest BCUT2D eigenvalue weighted by molar-refractivity contribution is 5.53. The number of pyridine rings is 1. The predicted octanol–water partition coefficient (Wildman–Crippen LogP) is 2.05. The average molecular weight is 207 g/mol. The Morgan fingerprint density at radius 1 is 1.53 bits per heavy atom. The quantitative estimate of drug-likeness (QED) is 0.573. The van der Waals surface area contributed by atoms with Crippen LogP contribution in [0.3, 0.4) is 0 Å². The first kappa shape index (κ1) is 11.4. The Hall–Kier alpha value is -1.71. The van der Waals surface area contributed by atoms with Gasteiger partial charge in [0.05, 0.1) is 12.8 Å². The van der Waals surface area contributed by atoms with Crippen molar-refractivity contribution < 1.29 is 4.74 Å². The molecule has 15 heavy (non-hydrogen) atoms. The largest absolute Gasteiger partial charge is 0.479 e. The van der Waals surface area contributed by atoms with Crippen LogP contribution in [0.1, 0.15) is 13.3 Å². The standard InChI is InChI=1S/C11H17N3O/c1-3-4-5-8-13-10-7-6-9(12)11(14-10)15-2/h3-4,6-7H,5,8,12H2,1-2H3,(H,13,14)/b4-3+. The number of methoxy groups -OCH3 is 1. The molecular formula is C11H17N3O. The topological polar surface area (TPSA) is 60.2 Å². The van der Waals surface area contributed by atoms with E-state index in [1.165, 1.54) is 0 Å². The SMILES string of the molecule is C/C=C/CCNc1ccc(N)c(OC)n1. The molecule has 4 heteroatoms. The first-order valence-electron chi connectivity index (χ1n) is 4.93. The van der Waals surface area contributed by atoms with Crippen LogP contribution in [0, 0.1) is 0 Å². The summed E-state index contributed by atoms with van der Waals surface area (Å²) in [5.74, 6) is 1.25. The van der Waals surface area contributed by atoms with Crippen molar-refractivity contribution in [2.75, 3.05) is 24.7 Å². The first-order valence-corrected chi connectivity index (χ1v) is 4.93. The number of rotatable bonds is 5. The molecule has 0 fully saturated rings. The summed E-state index contributed by atoms with van der Waals surface area (Å²) in [5.41, 5.74) is 6.20. The van der Waals surface area contributed by atoms with Crippen molar-refractivity contribution in [2.24, 2.45) is 0 Å². The second kappa shape index (κ2) is 5.90. The molecule has 0 saturated heterocycles. The minimum Gasteiger partial charge on any atom is -0.479 e. The zero-order valence-electron chi connectivity index (χ0n) is 9.16. The van der Waals surface area contributed by atoms with E-state index in [2.05, 4.69) is 16.4 Å². The molecule has 0 radical (unpaired) electrons. The van der Waals surface area contributed by atoms with Gasteiger partial charge in [0.1, 0.15) is 5.82 Å². The van der Waals surface area contributed by atoms with Crippen LogP contribution in [0.15, 0.2) is 24.3 Å². The van der Waals surface area contributed by atoms with Gasteiger partial charge in [0.25, 0.3) is 0 Å². The number of anilines is 2. The normalized spacial score (nSPS) is 10.5. The molecule has 0 aromatic carbocycles. The van der Waals surface area contributed by atoms with E-state index in [1.54, 1.807) is 13.2 Å². The van der Waals surface area contributed by atoms with Gasteiger partial charge in [0.15, 0.2) is 0 Å². The van der Waals surface area contributed by atoms with E-state index in [1.807, 2.05) is 19.1 Å². The van der Waals surface area contributed by atoms with Crippen molar-refractivity contribution in [1.82, 2.24) is 4.98 Å². The van der Waals surface area contributed by atoms with E-state index >= 15 is 0 Å². The van der Waals surface area contributed by atoms with Crippen molar-refractivity contribution in [3.05, 3.63) is 24.3 Å². The molecule has 0 unspecified atom stereocenters. The van der Waals surface area contributed by atoms with Crippen LogP contribution >= 0.6 is 0 Å². The molecule has 0 atom stereocenters. The van der Waals surface area contributed by atoms with Crippen molar-refractivity contribution in [2.45, 2.75) is 13.3 Å². The van der Waals surface area contributed by atoms with Crippen molar-refractivity contribution >= 4 is 11.5 Å². The molecular weight excluding hydrogens is 190 g/mol. The number of nitrogens with two attached hydrogens (primary N) is 1. The third-order valence-electron chi connectivity index (χ3n) is 1.94. The Morgan fingerprint density at radius 2 is 2.33 bits per heavy atom. The second-order valence-electron chi connectivity index (χ2n) is 3.08. The molecule has 0 aliphatic heterocycles. The fraction of sp³-hybridized carbons (Fsp3) is 0.364. The van der Waals surface area contributed by atoms with Crippen molar-refractivity contribution in [3.8, 4) is 5.88 Å². The van der Waals surface area contributed by atoms with Crippen LogP contribution in [-0.2, 0) is 0 Å². The first-order chi connectivity index (χ1) is 7.27. The van der Waals surface area contributed by atoms with Crippen molar-refractivity contribution in [3.63, 3.8) is 0 Å². The summed E-state index contributed by atoms with van der Waals surface area (Å²) < 4.78 is 5.02. The lowest BCUT2D eigenvalue weighted by Crippen LogP contribution is -2.04. The third-order valence-corrected chi connectivity index (χ3v) is 1.94. The Kier molecular flexibility index (Phi) is 4.47. The molecule has 82 valence electrons. The number of hydrogen-bond donors (Lipinski definition) is 2. The van der Waals surface area contributed by atoms with Crippen LogP contribution < -0.4 is 15.8 Å². The molecule has 0 spiro atoms. The van der Waals surface area contributed by atoms with E-state index in [-0.39, 0.29) is 0 Å². The van der Waals surface area contributed by atoms with E-state index in [4.69, 9.17) is 10.5 Å². The molecule has 0 aliphatic rings. The number of allylic oxidation sites excluding steroid dienone is 1. The zero-order chi connectivity index (χ0) is 11.1. The summed E-state index contributed by atoms with van der Waals surface area (Å²) in [5, 5.41) is 3.18. The Bertz CT molecular complexity index is 337. The number of nitrogen functional groups attached to an aromatic ring is 1. The van der Waals surface area contributed by atoms with Gasteiger partial charge in [-0.05, 0) is 25.5 Å². The van der Waals surface area contributed by atoms with Crippen LogP contribution in [0.2, 0.25) is 0 Å². The van der Waals surface area contributed by atoms with Crippen molar-refractivity contribution in [1.29, 1.82) is 0 Å². The van der Waals surface area contributed by atoms with Gasteiger partial charge in [0.2, 0.25) is 5.88 Å². The lowest BCUT2D eigenvalue weighted by Gasteiger charge is -2.07. The summed E-state index contributed by atoms with van der Waals surface area (Å²) in [6.07, 6.45) is 5.10. The van der Waals surface area contributed by atoms with Gasteiger partial charge in [-0.1, -0.05) is 12.2 Å². The fourth-order valence-electron chi connectivity index (χ4n) is 1.16. The van der Waals surface area contributed by atoms with E-state index in [9.17, 15) is 0 Å². The highest BCUT2D eigenvalue weighted by atomic mass is 16.5. The monoisotopic (exact) mass is 207 g/mol. The van der Waals surface area contributed by atoms with Gasteiger partial charge in [-0.15, -0.1) is 0 Å². The van der Waals surface area contributed by atoms with Crippen LogP contribution in [0.4, 0.5) is 11.5 Å². The minimum absolute atomic E-state index is 0.464. The lowest BCUT2D eigenvalue weighted by atomic mass is 10.3. The predicted molar refractivity (Wildman–Crippen MR) is 63.1 cm³/mol. The number of ether oxygens (including phenoxy) is 1. The number of aromatic nitrogens is 1. The third kappa shape index (κ3) is 3.50. The summed E-state index contributed by atoms with van der Waals surface area (Å²) in [4.78, 5) is 4.21. The van der Waals surface area contributed by atoms with Crippen LogP contribution in [0.5, 0.6) is 5.88 Å². The molecule has 0 aliphatic carbocycles. The van der Waals surface area contributed by atoms with E-state index in [0.29, 0.717) is 11.6 Å². The maximum Gasteiger partial charge on any atom is 0.238 e. The molecule has 0 amide bonds. The smallest absolute Gasteiger partial charge is 0.238 e. The summed E-state index contributed by atoms with van der Waals surface area (Å²) in [6, 6.07) is 3.62. The summed E-state index contributed by atoms with van der Waals surface area (Å²) in [6.45, 7) is 2.86. The Morgan fingerprint density at radius 3 is 3.00 bits per heavy atom. The van der Waals surface area contributed by atoms with Gasteiger partial charge in [-0.3, -0.25) is 0 Å². The molecule has 4 nitrogen and oxygen atoms in total. The van der Waals surface area contributed by atoms with Crippen LogP contribution in [-0.4, -0.2) is 18.6 Å². The fourth-order valence-corrected chi connectivity index (χ4v) is 1.16. The number of hydrogen-bond acceptors (Lipinski definition) is 4. The van der Waals surface area contributed by atoms with Gasteiger partial charge >= 0.3 is 0 Å². The summed E-state index contributed by atoms with van der Waals surface area (Å²) in [7, 11) is 1.56. The van der Waals surface area contributed by atoms with E-state index < -0.39 is 0 Å². The van der Waals surface area contributed by atoms with Crippen LogP contribution in [0.25, 0.3) is 0 Å². The van der Waals surface area contributed by atoms with Gasteiger partial charge in [-0.25, -0.2) is 0 Å². The summed E-state index contributed by atoms with van der Waals surface area (Å²) >= 11 is 0. The zero-order valence-corrected chi connectivity index (χ0v) is 9.16. The average Bonchev–Trinajstić information content (AvgIpc) is 2.26. The maximum atomic E-state index is 5.65. The highest BCUT2D eigenvalue weighted by Gasteiger charge is 2.01. The maximum absolute atomic E-state index is 5.65. The van der Waals surface area contributed by atoms with Gasteiger partial charge in [-0.2, -0.15) is 4.98 Å². The van der Waals surface area contributed by atoms with E-state index in [0.717, 1.165) is 18.8 Å². The number of nitrogens with zero attached hydrogens (tertiary/aromatic N) is 1. The lowest BCUT2D eigenvalue weighted by molar-refractivity contribution is 0.401. The molecule has 3 N–H and O–H groups in total. The molecule has 0 saturated carbocycles. The Balaban J connectivity index is 2.54. The highest BCUT2D eigenvalue weighted by Crippen LogP contribution is 2.19. The Labute approximate surface area is 90.2 Å². The minimum atomic E-state index is 0.464. The van der Waals surface area contributed by atoms with Gasteiger partial charge in [0, 0.05) is 6.54 Å². The molecule has 1 heterocycles. The molecule has 0 bridgehead atoms. The number of nitrogens with one attached hydrogen (secondary N) is 1. The molecule has 1 aromatic rings. The molecule has 1 aromatic heterocycles. The molecule has 1 rings (SSSR count). The van der Waals surface area contributed by atoms with Gasteiger partial charge < -0.3 is 15.8 Å².